The molecule has 1 aliphatic rings. The van der Waals surface area contributed by atoms with Crippen LogP contribution < -0.4 is 5.32 Å². The summed E-state index contributed by atoms with van der Waals surface area (Å²) in [7, 11) is 0. The second kappa shape index (κ2) is 6.38. The Morgan fingerprint density at radius 2 is 1.78 bits per heavy atom. The van der Waals surface area contributed by atoms with Crippen LogP contribution in [0.15, 0.2) is 0 Å². The first-order chi connectivity index (χ1) is 8.20. The number of rotatable bonds is 5. The summed E-state index contributed by atoms with van der Waals surface area (Å²) in [6.45, 7) is 19.9. The van der Waals surface area contributed by atoms with Crippen molar-refractivity contribution in [2.75, 3.05) is 19.6 Å². The molecule has 0 aromatic carbocycles. The van der Waals surface area contributed by atoms with Gasteiger partial charge in [0, 0.05) is 24.7 Å². The molecule has 0 bridgehead atoms. The highest BCUT2D eigenvalue weighted by Gasteiger charge is 2.31. The number of nitrogens with zero attached hydrogens (tertiary/aromatic N) is 1. The summed E-state index contributed by atoms with van der Waals surface area (Å²) in [6, 6.07) is 0.688. The van der Waals surface area contributed by atoms with E-state index in [1.54, 1.807) is 0 Å². The van der Waals surface area contributed by atoms with Crippen LogP contribution in [0.25, 0.3) is 0 Å². The molecule has 2 unspecified atom stereocenters. The van der Waals surface area contributed by atoms with E-state index in [9.17, 15) is 0 Å². The zero-order valence-electron chi connectivity index (χ0n) is 13.6. The summed E-state index contributed by atoms with van der Waals surface area (Å²) in [6.07, 6.45) is 1.39. The molecule has 2 atom stereocenters. The molecule has 2 nitrogen and oxygen atoms in total. The lowest BCUT2D eigenvalue weighted by atomic mass is 9.95. The predicted octanol–water partition coefficient (Wildman–Crippen LogP) is 3.38. The number of hydrogen-bond acceptors (Lipinski definition) is 2. The minimum absolute atomic E-state index is 0.227. The monoisotopic (exact) mass is 254 g/mol. The fourth-order valence-electron chi connectivity index (χ4n) is 2.86. The van der Waals surface area contributed by atoms with E-state index in [2.05, 4.69) is 58.7 Å². The van der Waals surface area contributed by atoms with Crippen molar-refractivity contribution in [3.05, 3.63) is 0 Å². The van der Waals surface area contributed by atoms with Crippen LogP contribution >= 0.6 is 0 Å². The summed E-state index contributed by atoms with van der Waals surface area (Å²) in [5, 5.41) is 3.68. The Balaban J connectivity index is 2.53. The molecule has 0 amide bonds. The highest BCUT2D eigenvalue weighted by atomic mass is 15.2. The van der Waals surface area contributed by atoms with Gasteiger partial charge in [0.15, 0.2) is 0 Å². The molecule has 0 aliphatic carbocycles. The van der Waals surface area contributed by atoms with Crippen LogP contribution in [-0.2, 0) is 0 Å². The average Bonchev–Trinajstić information content (AvgIpc) is 2.64. The van der Waals surface area contributed by atoms with Gasteiger partial charge in [0.05, 0.1) is 0 Å². The molecule has 1 fully saturated rings. The van der Waals surface area contributed by atoms with Crippen LogP contribution in [0.5, 0.6) is 0 Å². The van der Waals surface area contributed by atoms with E-state index in [1.165, 1.54) is 19.5 Å². The fraction of sp³-hybridized carbons (Fsp3) is 1.00. The second-order valence-corrected chi connectivity index (χ2v) is 7.73. The summed E-state index contributed by atoms with van der Waals surface area (Å²) < 4.78 is 0. The minimum atomic E-state index is 0.227. The Bertz CT molecular complexity index is 240. The largest absolute Gasteiger partial charge is 0.311 e. The first-order valence-electron chi connectivity index (χ1n) is 7.70. The van der Waals surface area contributed by atoms with Gasteiger partial charge in [0.25, 0.3) is 0 Å². The Hall–Kier alpha value is -0.0800. The highest BCUT2D eigenvalue weighted by Crippen LogP contribution is 2.27. The molecule has 1 heterocycles. The summed E-state index contributed by atoms with van der Waals surface area (Å²) in [5.74, 6) is 2.46. The molecule has 1 rings (SSSR count). The topological polar surface area (TPSA) is 15.3 Å². The van der Waals surface area contributed by atoms with E-state index in [1.807, 2.05) is 0 Å². The van der Waals surface area contributed by atoms with E-state index in [0.717, 1.165) is 24.3 Å². The molecular weight excluding hydrogens is 220 g/mol. The maximum Gasteiger partial charge on any atom is 0.0243 e. The van der Waals surface area contributed by atoms with Crippen molar-refractivity contribution in [2.45, 2.75) is 66.5 Å². The van der Waals surface area contributed by atoms with Crippen molar-refractivity contribution in [2.24, 2.45) is 17.8 Å². The lowest BCUT2D eigenvalue weighted by Gasteiger charge is -2.34. The van der Waals surface area contributed by atoms with Crippen molar-refractivity contribution in [1.29, 1.82) is 0 Å². The van der Waals surface area contributed by atoms with Gasteiger partial charge in [-0.1, -0.05) is 27.7 Å². The van der Waals surface area contributed by atoms with Gasteiger partial charge in [-0.2, -0.15) is 0 Å². The molecule has 2 heteroatoms. The maximum atomic E-state index is 3.68. The van der Waals surface area contributed by atoms with Gasteiger partial charge in [0.1, 0.15) is 0 Å². The second-order valence-electron chi connectivity index (χ2n) is 7.73. The smallest absolute Gasteiger partial charge is 0.0243 e. The van der Waals surface area contributed by atoms with Crippen molar-refractivity contribution in [3.8, 4) is 0 Å². The zero-order chi connectivity index (χ0) is 13.9. The molecule has 0 aromatic rings. The van der Waals surface area contributed by atoms with Crippen LogP contribution in [0.1, 0.15) is 54.9 Å². The fourth-order valence-corrected chi connectivity index (χ4v) is 2.86. The van der Waals surface area contributed by atoms with E-state index in [0.29, 0.717) is 6.04 Å². The number of nitrogens with one attached hydrogen (secondary N) is 1. The van der Waals surface area contributed by atoms with Crippen molar-refractivity contribution < 1.29 is 0 Å². The Labute approximate surface area is 115 Å². The molecule has 1 aliphatic heterocycles. The van der Waals surface area contributed by atoms with Crippen molar-refractivity contribution in [1.82, 2.24) is 10.2 Å². The van der Waals surface area contributed by atoms with Crippen LogP contribution in [0.2, 0.25) is 0 Å². The summed E-state index contributed by atoms with van der Waals surface area (Å²) >= 11 is 0. The zero-order valence-corrected chi connectivity index (χ0v) is 13.6. The standard InChI is InChI=1S/C16H34N2/c1-12(2)14-8-9-18(11-14)15(13(3)4)10-17-16(5,6)7/h12-15,17H,8-11H2,1-7H3. The van der Waals surface area contributed by atoms with Gasteiger partial charge in [0.2, 0.25) is 0 Å². The average molecular weight is 254 g/mol. The van der Waals surface area contributed by atoms with E-state index >= 15 is 0 Å². The highest BCUT2D eigenvalue weighted by molar-refractivity contribution is 4.87. The molecule has 1 N–H and O–H groups in total. The van der Waals surface area contributed by atoms with Gasteiger partial charge in [-0.25, -0.2) is 0 Å². The molecule has 1 saturated heterocycles. The third-order valence-electron chi connectivity index (χ3n) is 4.28. The lowest BCUT2D eigenvalue weighted by Crippen LogP contribution is -2.49. The van der Waals surface area contributed by atoms with Gasteiger partial charge >= 0.3 is 0 Å². The maximum absolute atomic E-state index is 3.68. The van der Waals surface area contributed by atoms with Crippen LogP contribution in [0.3, 0.4) is 0 Å². The van der Waals surface area contributed by atoms with Gasteiger partial charge in [-0.05, 0) is 51.5 Å². The molecule has 18 heavy (non-hydrogen) atoms. The summed E-state index contributed by atoms with van der Waals surface area (Å²) in [4.78, 5) is 2.72. The van der Waals surface area contributed by atoms with Crippen LogP contribution in [-0.4, -0.2) is 36.1 Å². The Morgan fingerprint density at radius 1 is 1.17 bits per heavy atom. The third-order valence-corrected chi connectivity index (χ3v) is 4.28. The van der Waals surface area contributed by atoms with Crippen LogP contribution in [0, 0.1) is 17.8 Å². The van der Waals surface area contributed by atoms with Crippen molar-refractivity contribution in [3.63, 3.8) is 0 Å². The van der Waals surface area contributed by atoms with Gasteiger partial charge in [-0.15, -0.1) is 0 Å². The molecule has 108 valence electrons. The predicted molar refractivity (Wildman–Crippen MR) is 80.9 cm³/mol. The first-order valence-corrected chi connectivity index (χ1v) is 7.70. The molecule has 0 saturated carbocycles. The third kappa shape index (κ3) is 4.89. The first kappa shape index (κ1) is 16.0. The van der Waals surface area contributed by atoms with Crippen LogP contribution in [0.4, 0.5) is 0 Å². The number of likely N-dealkylation sites (tertiary alicyclic amines) is 1. The lowest BCUT2D eigenvalue weighted by molar-refractivity contribution is 0.166. The molecular formula is C16H34N2. The number of hydrogen-bond donors (Lipinski definition) is 1. The van der Waals surface area contributed by atoms with Gasteiger partial charge in [-0.3, -0.25) is 4.90 Å². The summed E-state index contributed by atoms with van der Waals surface area (Å²) in [5.41, 5.74) is 0.227. The Morgan fingerprint density at radius 3 is 2.17 bits per heavy atom. The van der Waals surface area contributed by atoms with E-state index in [4.69, 9.17) is 0 Å². The molecule has 0 radical (unpaired) electrons. The SMILES string of the molecule is CC(C)C1CCN(C(CNC(C)(C)C)C(C)C)C1. The molecule has 0 spiro atoms. The van der Waals surface area contributed by atoms with E-state index in [-0.39, 0.29) is 5.54 Å². The quantitative estimate of drug-likeness (QED) is 0.809. The Kier molecular flexibility index (Phi) is 5.67. The van der Waals surface area contributed by atoms with E-state index < -0.39 is 0 Å². The normalized spacial score (nSPS) is 24.2. The molecule has 0 aromatic heterocycles. The van der Waals surface area contributed by atoms with Crippen molar-refractivity contribution >= 4 is 0 Å². The van der Waals surface area contributed by atoms with Gasteiger partial charge < -0.3 is 5.32 Å². The minimum Gasteiger partial charge on any atom is -0.311 e.